The summed E-state index contributed by atoms with van der Waals surface area (Å²) in [5, 5.41) is 7.62. The average Bonchev–Trinajstić information content (AvgIpc) is 2.86. The first-order chi connectivity index (χ1) is 9.29. The van der Waals surface area contributed by atoms with Crippen LogP contribution in [0.3, 0.4) is 0 Å². The molecule has 1 aromatic rings. The molecule has 2 heterocycles. The molecule has 0 aromatic carbocycles. The molecule has 0 saturated carbocycles. The Bertz CT molecular complexity index is 431. The molecule has 1 atom stereocenters. The Morgan fingerprint density at radius 1 is 1.30 bits per heavy atom. The zero-order chi connectivity index (χ0) is 14.8. The number of piperidine rings is 1. The van der Waals surface area contributed by atoms with Gasteiger partial charge in [-0.1, -0.05) is 39.8 Å². The van der Waals surface area contributed by atoms with E-state index in [1.54, 1.807) is 0 Å². The van der Waals surface area contributed by atoms with Crippen LogP contribution in [0.2, 0.25) is 0 Å². The van der Waals surface area contributed by atoms with Gasteiger partial charge in [0.15, 0.2) is 5.82 Å². The summed E-state index contributed by atoms with van der Waals surface area (Å²) in [6.45, 7) is 13.2. The molecular formula is C15H27N3OS. The van der Waals surface area contributed by atoms with Crippen LogP contribution >= 0.6 is 11.8 Å². The smallest absolute Gasteiger partial charge is 0.232 e. The first-order valence-electron chi connectivity index (χ1n) is 7.47. The Balaban J connectivity index is 2.03. The second kappa shape index (κ2) is 6.06. The molecule has 0 bridgehead atoms. The Hall–Kier alpha value is -0.550. The van der Waals surface area contributed by atoms with Gasteiger partial charge in [-0.3, -0.25) is 0 Å². The number of rotatable bonds is 4. The summed E-state index contributed by atoms with van der Waals surface area (Å²) in [4.78, 5) is 4.63. The van der Waals surface area contributed by atoms with Crippen molar-refractivity contribution in [3.63, 3.8) is 0 Å². The van der Waals surface area contributed by atoms with E-state index in [4.69, 9.17) is 4.52 Å². The predicted octanol–water partition coefficient (Wildman–Crippen LogP) is 3.38. The van der Waals surface area contributed by atoms with E-state index in [1.807, 2.05) is 11.8 Å². The molecule has 5 heteroatoms. The molecule has 1 aliphatic rings. The number of nitrogens with one attached hydrogen (secondary N) is 1. The van der Waals surface area contributed by atoms with Crippen molar-refractivity contribution in [3.05, 3.63) is 11.7 Å². The monoisotopic (exact) mass is 297 g/mol. The molecule has 20 heavy (non-hydrogen) atoms. The first kappa shape index (κ1) is 15.8. The van der Waals surface area contributed by atoms with Gasteiger partial charge in [0, 0.05) is 10.2 Å². The molecule has 2 rings (SSSR count). The number of thioether (sulfide) groups is 1. The highest BCUT2D eigenvalue weighted by molar-refractivity contribution is 7.99. The van der Waals surface area contributed by atoms with Gasteiger partial charge < -0.3 is 9.84 Å². The highest BCUT2D eigenvalue weighted by atomic mass is 32.2. The SMILES string of the molecule is CC(C)(C)SCc1noc(C(C)(C)C2CCCNC2)n1. The van der Waals surface area contributed by atoms with Crippen molar-refractivity contribution < 1.29 is 4.52 Å². The van der Waals surface area contributed by atoms with E-state index in [-0.39, 0.29) is 10.2 Å². The van der Waals surface area contributed by atoms with Crippen molar-refractivity contribution in [2.45, 2.75) is 63.4 Å². The van der Waals surface area contributed by atoms with Crippen LogP contribution in [0.4, 0.5) is 0 Å². The third-order valence-electron chi connectivity index (χ3n) is 3.97. The van der Waals surface area contributed by atoms with Crippen LogP contribution in [0.25, 0.3) is 0 Å². The molecule has 1 N–H and O–H groups in total. The van der Waals surface area contributed by atoms with Gasteiger partial charge in [-0.05, 0) is 31.8 Å². The Labute approximate surface area is 126 Å². The largest absolute Gasteiger partial charge is 0.339 e. The van der Waals surface area contributed by atoms with E-state index in [0.717, 1.165) is 30.6 Å². The molecule has 1 unspecified atom stereocenters. The summed E-state index contributed by atoms with van der Waals surface area (Å²) >= 11 is 1.85. The van der Waals surface area contributed by atoms with Gasteiger partial charge in [0.25, 0.3) is 0 Å². The van der Waals surface area contributed by atoms with Crippen molar-refractivity contribution in [2.75, 3.05) is 13.1 Å². The quantitative estimate of drug-likeness (QED) is 0.923. The van der Waals surface area contributed by atoms with Gasteiger partial charge in [0.05, 0.1) is 5.75 Å². The second-order valence-corrected chi connectivity index (χ2v) is 8.98. The van der Waals surface area contributed by atoms with Crippen molar-refractivity contribution >= 4 is 11.8 Å². The lowest BCUT2D eigenvalue weighted by molar-refractivity contribution is 0.196. The zero-order valence-corrected chi connectivity index (χ0v) is 14.1. The molecule has 1 fully saturated rings. The van der Waals surface area contributed by atoms with E-state index < -0.39 is 0 Å². The number of aromatic nitrogens is 2. The molecule has 1 saturated heterocycles. The molecule has 1 aliphatic heterocycles. The predicted molar refractivity (Wildman–Crippen MR) is 84.0 cm³/mol. The van der Waals surface area contributed by atoms with Crippen molar-refractivity contribution in [3.8, 4) is 0 Å². The van der Waals surface area contributed by atoms with Gasteiger partial charge in [-0.15, -0.1) is 11.8 Å². The molecule has 0 radical (unpaired) electrons. The van der Waals surface area contributed by atoms with Gasteiger partial charge in [0.2, 0.25) is 5.89 Å². The van der Waals surface area contributed by atoms with Crippen LogP contribution in [-0.4, -0.2) is 28.0 Å². The molecule has 0 spiro atoms. The summed E-state index contributed by atoms with van der Waals surface area (Å²) < 4.78 is 5.77. The lowest BCUT2D eigenvalue weighted by atomic mass is 9.75. The summed E-state index contributed by atoms with van der Waals surface area (Å²) in [5.74, 6) is 2.98. The van der Waals surface area contributed by atoms with Crippen molar-refractivity contribution in [2.24, 2.45) is 5.92 Å². The number of hydrogen-bond acceptors (Lipinski definition) is 5. The van der Waals surface area contributed by atoms with Crippen LogP contribution in [0.15, 0.2) is 4.52 Å². The van der Waals surface area contributed by atoms with E-state index in [9.17, 15) is 0 Å². The lowest BCUT2D eigenvalue weighted by Gasteiger charge is -2.34. The average molecular weight is 297 g/mol. The van der Waals surface area contributed by atoms with Gasteiger partial charge in [-0.2, -0.15) is 4.98 Å². The maximum Gasteiger partial charge on any atom is 0.232 e. The Kier molecular flexibility index (Phi) is 4.80. The third kappa shape index (κ3) is 3.98. The summed E-state index contributed by atoms with van der Waals surface area (Å²) in [6, 6.07) is 0. The maximum atomic E-state index is 5.55. The summed E-state index contributed by atoms with van der Waals surface area (Å²) in [6.07, 6.45) is 2.46. The number of hydrogen-bond donors (Lipinski definition) is 1. The van der Waals surface area contributed by atoms with E-state index >= 15 is 0 Å². The summed E-state index contributed by atoms with van der Waals surface area (Å²) in [7, 11) is 0. The standard InChI is InChI=1S/C15H27N3OS/c1-14(2,3)20-10-12-17-13(19-18-12)15(4,5)11-7-6-8-16-9-11/h11,16H,6-10H2,1-5H3. The molecule has 0 amide bonds. The Morgan fingerprint density at radius 3 is 2.65 bits per heavy atom. The third-order valence-corrected chi connectivity index (χ3v) is 5.24. The minimum absolute atomic E-state index is 0.0505. The van der Waals surface area contributed by atoms with Gasteiger partial charge in [-0.25, -0.2) is 0 Å². The van der Waals surface area contributed by atoms with E-state index in [2.05, 4.69) is 50.1 Å². The van der Waals surface area contributed by atoms with Gasteiger partial charge >= 0.3 is 0 Å². The van der Waals surface area contributed by atoms with E-state index in [1.165, 1.54) is 12.8 Å². The number of nitrogens with zero attached hydrogens (tertiary/aromatic N) is 2. The zero-order valence-electron chi connectivity index (χ0n) is 13.3. The molecule has 4 nitrogen and oxygen atoms in total. The van der Waals surface area contributed by atoms with Crippen LogP contribution in [0, 0.1) is 5.92 Å². The lowest BCUT2D eigenvalue weighted by Crippen LogP contribution is -2.40. The molecule has 0 aliphatic carbocycles. The highest BCUT2D eigenvalue weighted by Gasteiger charge is 2.37. The fourth-order valence-corrected chi connectivity index (χ4v) is 3.18. The molecule has 114 valence electrons. The Morgan fingerprint density at radius 2 is 2.05 bits per heavy atom. The molecule has 1 aromatic heterocycles. The highest BCUT2D eigenvalue weighted by Crippen LogP contribution is 2.35. The van der Waals surface area contributed by atoms with Crippen LogP contribution in [-0.2, 0) is 11.2 Å². The fourth-order valence-electron chi connectivity index (χ4n) is 2.50. The second-order valence-electron chi connectivity index (χ2n) is 7.18. The van der Waals surface area contributed by atoms with Gasteiger partial charge in [0.1, 0.15) is 0 Å². The van der Waals surface area contributed by atoms with Crippen LogP contribution in [0.5, 0.6) is 0 Å². The van der Waals surface area contributed by atoms with Crippen molar-refractivity contribution in [1.82, 2.24) is 15.5 Å². The minimum Gasteiger partial charge on any atom is -0.339 e. The molecular weight excluding hydrogens is 270 g/mol. The summed E-state index contributed by atoms with van der Waals surface area (Å²) in [5.41, 5.74) is -0.0505. The van der Waals surface area contributed by atoms with Crippen LogP contribution in [0.1, 0.15) is 59.2 Å². The fraction of sp³-hybridized carbons (Fsp3) is 0.867. The topological polar surface area (TPSA) is 51.0 Å². The first-order valence-corrected chi connectivity index (χ1v) is 8.45. The maximum absolute atomic E-state index is 5.55. The van der Waals surface area contributed by atoms with E-state index in [0.29, 0.717) is 5.92 Å². The van der Waals surface area contributed by atoms with Crippen LogP contribution < -0.4 is 5.32 Å². The van der Waals surface area contributed by atoms with Crippen molar-refractivity contribution in [1.29, 1.82) is 0 Å². The normalized spacial score (nSPS) is 21.1. The minimum atomic E-state index is -0.0505.